The standard InChI is InChI=1S/C14H20N4/c1-10-13(11(2)18(3)17-10)9-16-8-12-6-4-5-7-14(12)15/h4-7,16H,8-9,15H2,1-3H3. The van der Waals surface area contributed by atoms with Gasteiger partial charge in [0, 0.05) is 37.1 Å². The van der Waals surface area contributed by atoms with E-state index in [-0.39, 0.29) is 0 Å². The topological polar surface area (TPSA) is 55.9 Å². The molecule has 3 N–H and O–H groups in total. The first kappa shape index (κ1) is 12.6. The lowest BCUT2D eigenvalue weighted by atomic mass is 10.1. The number of aryl methyl sites for hydroxylation is 2. The summed E-state index contributed by atoms with van der Waals surface area (Å²) in [4.78, 5) is 0. The molecule has 18 heavy (non-hydrogen) atoms. The van der Waals surface area contributed by atoms with Crippen molar-refractivity contribution in [1.29, 1.82) is 0 Å². The van der Waals surface area contributed by atoms with Crippen molar-refractivity contribution in [1.82, 2.24) is 15.1 Å². The van der Waals surface area contributed by atoms with Crippen LogP contribution in [0.1, 0.15) is 22.5 Å². The number of hydrogen-bond donors (Lipinski definition) is 2. The first-order valence-electron chi connectivity index (χ1n) is 6.12. The lowest BCUT2D eigenvalue weighted by Crippen LogP contribution is -2.15. The van der Waals surface area contributed by atoms with Crippen molar-refractivity contribution >= 4 is 5.69 Å². The number of rotatable bonds is 4. The lowest BCUT2D eigenvalue weighted by molar-refractivity contribution is 0.685. The number of benzene rings is 1. The van der Waals surface area contributed by atoms with E-state index in [9.17, 15) is 0 Å². The molecule has 0 saturated heterocycles. The van der Waals surface area contributed by atoms with Crippen LogP contribution in [0.25, 0.3) is 0 Å². The van der Waals surface area contributed by atoms with Crippen LogP contribution in [0, 0.1) is 13.8 Å². The third-order valence-corrected chi connectivity index (χ3v) is 3.33. The predicted octanol–water partition coefficient (Wildman–Crippen LogP) is 1.91. The summed E-state index contributed by atoms with van der Waals surface area (Å²) in [5, 5.41) is 7.83. The molecule has 0 bridgehead atoms. The molecule has 1 aromatic carbocycles. The minimum Gasteiger partial charge on any atom is -0.398 e. The number of nitrogen functional groups attached to an aromatic ring is 1. The van der Waals surface area contributed by atoms with Crippen LogP contribution in [0.15, 0.2) is 24.3 Å². The predicted molar refractivity (Wildman–Crippen MR) is 74.1 cm³/mol. The van der Waals surface area contributed by atoms with E-state index in [1.165, 1.54) is 11.3 Å². The second-order valence-electron chi connectivity index (χ2n) is 4.58. The van der Waals surface area contributed by atoms with E-state index >= 15 is 0 Å². The van der Waals surface area contributed by atoms with Crippen LogP contribution < -0.4 is 11.1 Å². The Balaban J connectivity index is 1.99. The van der Waals surface area contributed by atoms with Crippen LogP contribution in [0.5, 0.6) is 0 Å². The molecule has 0 spiro atoms. The average molecular weight is 244 g/mol. The quantitative estimate of drug-likeness (QED) is 0.808. The summed E-state index contributed by atoms with van der Waals surface area (Å²) in [6, 6.07) is 7.94. The molecule has 0 radical (unpaired) electrons. The summed E-state index contributed by atoms with van der Waals surface area (Å²) in [6.45, 7) is 5.73. The highest BCUT2D eigenvalue weighted by molar-refractivity contribution is 5.46. The van der Waals surface area contributed by atoms with Crippen molar-refractivity contribution in [3.8, 4) is 0 Å². The van der Waals surface area contributed by atoms with Gasteiger partial charge in [0.25, 0.3) is 0 Å². The second-order valence-corrected chi connectivity index (χ2v) is 4.58. The monoisotopic (exact) mass is 244 g/mol. The highest BCUT2D eigenvalue weighted by atomic mass is 15.3. The first-order chi connectivity index (χ1) is 8.59. The van der Waals surface area contributed by atoms with Gasteiger partial charge in [-0.25, -0.2) is 0 Å². The highest BCUT2D eigenvalue weighted by Gasteiger charge is 2.08. The highest BCUT2D eigenvalue weighted by Crippen LogP contribution is 2.13. The molecule has 1 aromatic heterocycles. The number of nitrogens with one attached hydrogen (secondary N) is 1. The largest absolute Gasteiger partial charge is 0.398 e. The Morgan fingerprint density at radius 1 is 1.22 bits per heavy atom. The molecule has 0 fully saturated rings. The van der Waals surface area contributed by atoms with Crippen LogP contribution in [-0.2, 0) is 20.1 Å². The summed E-state index contributed by atoms with van der Waals surface area (Å²) < 4.78 is 1.92. The van der Waals surface area contributed by atoms with Crippen molar-refractivity contribution in [2.45, 2.75) is 26.9 Å². The molecule has 0 aliphatic heterocycles. The van der Waals surface area contributed by atoms with Gasteiger partial charge >= 0.3 is 0 Å². The minimum atomic E-state index is 0.778. The summed E-state index contributed by atoms with van der Waals surface area (Å²) >= 11 is 0. The van der Waals surface area contributed by atoms with Crippen molar-refractivity contribution in [3.63, 3.8) is 0 Å². The Hall–Kier alpha value is -1.81. The normalized spacial score (nSPS) is 10.8. The maximum atomic E-state index is 5.91. The molecule has 0 atom stereocenters. The summed E-state index contributed by atoms with van der Waals surface area (Å²) in [7, 11) is 1.97. The number of nitrogens with two attached hydrogens (primary N) is 1. The Labute approximate surface area is 108 Å². The summed E-state index contributed by atoms with van der Waals surface area (Å²) in [5.41, 5.74) is 11.4. The van der Waals surface area contributed by atoms with Crippen LogP contribution in [-0.4, -0.2) is 9.78 Å². The molecule has 96 valence electrons. The summed E-state index contributed by atoms with van der Waals surface area (Å²) in [6.07, 6.45) is 0. The van der Waals surface area contributed by atoms with Gasteiger partial charge in [-0.3, -0.25) is 4.68 Å². The van der Waals surface area contributed by atoms with Crippen molar-refractivity contribution in [2.24, 2.45) is 7.05 Å². The SMILES string of the molecule is Cc1nn(C)c(C)c1CNCc1ccccc1N. The number of aromatic nitrogens is 2. The molecule has 0 saturated carbocycles. The number of para-hydroxylation sites is 1. The third-order valence-electron chi connectivity index (χ3n) is 3.33. The fourth-order valence-electron chi connectivity index (χ4n) is 2.09. The maximum Gasteiger partial charge on any atom is 0.0641 e. The van der Waals surface area contributed by atoms with Crippen molar-refractivity contribution in [3.05, 3.63) is 46.8 Å². The van der Waals surface area contributed by atoms with Gasteiger partial charge < -0.3 is 11.1 Å². The zero-order valence-electron chi connectivity index (χ0n) is 11.2. The molecular weight excluding hydrogens is 224 g/mol. The Kier molecular flexibility index (Phi) is 3.67. The number of anilines is 1. The molecule has 4 heteroatoms. The van der Waals surface area contributed by atoms with E-state index in [0.29, 0.717) is 0 Å². The molecule has 0 aliphatic rings. The van der Waals surface area contributed by atoms with E-state index in [1.807, 2.05) is 42.9 Å². The van der Waals surface area contributed by atoms with Crippen LogP contribution in [0.2, 0.25) is 0 Å². The Bertz CT molecular complexity index is 543. The third kappa shape index (κ3) is 2.54. The van der Waals surface area contributed by atoms with E-state index in [2.05, 4.69) is 17.3 Å². The number of nitrogens with zero attached hydrogens (tertiary/aromatic N) is 2. The molecule has 4 nitrogen and oxygen atoms in total. The van der Waals surface area contributed by atoms with Crippen LogP contribution in [0.4, 0.5) is 5.69 Å². The molecule has 2 aromatic rings. The van der Waals surface area contributed by atoms with Gasteiger partial charge in [-0.2, -0.15) is 5.10 Å². The Morgan fingerprint density at radius 2 is 1.94 bits per heavy atom. The van der Waals surface area contributed by atoms with Crippen molar-refractivity contribution < 1.29 is 0 Å². The molecule has 1 heterocycles. The lowest BCUT2D eigenvalue weighted by Gasteiger charge is -2.07. The molecule has 0 amide bonds. The molecule has 2 rings (SSSR count). The zero-order valence-corrected chi connectivity index (χ0v) is 11.2. The fraction of sp³-hybridized carbons (Fsp3) is 0.357. The van der Waals surface area contributed by atoms with Gasteiger partial charge in [-0.1, -0.05) is 18.2 Å². The van der Waals surface area contributed by atoms with Gasteiger partial charge in [0.05, 0.1) is 5.69 Å². The van der Waals surface area contributed by atoms with Crippen molar-refractivity contribution in [2.75, 3.05) is 5.73 Å². The second kappa shape index (κ2) is 5.23. The average Bonchev–Trinajstić information content (AvgIpc) is 2.58. The van der Waals surface area contributed by atoms with Gasteiger partial charge in [0.1, 0.15) is 0 Å². The maximum absolute atomic E-state index is 5.91. The van der Waals surface area contributed by atoms with E-state index in [0.717, 1.165) is 30.0 Å². The van der Waals surface area contributed by atoms with E-state index in [1.54, 1.807) is 0 Å². The first-order valence-corrected chi connectivity index (χ1v) is 6.12. The van der Waals surface area contributed by atoms with Gasteiger partial charge in [-0.05, 0) is 25.5 Å². The molecular formula is C14H20N4. The Morgan fingerprint density at radius 3 is 2.56 bits per heavy atom. The summed E-state index contributed by atoms with van der Waals surface area (Å²) in [5.74, 6) is 0. The minimum absolute atomic E-state index is 0.778. The zero-order chi connectivity index (χ0) is 13.1. The van der Waals surface area contributed by atoms with Crippen LogP contribution >= 0.6 is 0 Å². The van der Waals surface area contributed by atoms with Gasteiger partial charge in [-0.15, -0.1) is 0 Å². The van der Waals surface area contributed by atoms with Gasteiger partial charge in [0.2, 0.25) is 0 Å². The molecule has 0 unspecified atom stereocenters. The van der Waals surface area contributed by atoms with Crippen LogP contribution in [0.3, 0.4) is 0 Å². The fourth-order valence-corrected chi connectivity index (χ4v) is 2.09. The van der Waals surface area contributed by atoms with Gasteiger partial charge in [0.15, 0.2) is 0 Å². The number of hydrogen-bond acceptors (Lipinski definition) is 3. The smallest absolute Gasteiger partial charge is 0.0641 e. The van der Waals surface area contributed by atoms with E-state index < -0.39 is 0 Å². The van der Waals surface area contributed by atoms with E-state index in [4.69, 9.17) is 5.73 Å². The molecule has 0 aliphatic carbocycles.